The van der Waals surface area contributed by atoms with E-state index in [1.54, 1.807) is 0 Å². The Morgan fingerprint density at radius 3 is 2.57 bits per heavy atom. The largest absolute Gasteiger partial charge is 0.494 e. The van der Waals surface area contributed by atoms with Gasteiger partial charge in [0.05, 0.1) is 17.3 Å². The van der Waals surface area contributed by atoms with Gasteiger partial charge in [-0.05, 0) is 42.3 Å². The molecule has 112 valence electrons. The van der Waals surface area contributed by atoms with E-state index >= 15 is 0 Å². The maximum atomic E-state index is 6.18. The predicted molar refractivity (Wildman–Crippen MR) is 93.3 cm³/mol. The Balaban J connectivity index is 1.88. The fourth-order valence-electron chi connectivity index (χ4n) is 1.87. The van der Waals surface area contributed by atoms with E-state index in [0.29, 0.717) is 5.02 Å². The molecule has 0 atom stereocenters. The highest BCUT2D eigenvalue weighted by Gasteiger charge is 2.01. The molecule has 0 fully saturated rings. The Morgan fingerprint density at radius 1 is 1.14 bits per heavy atom. The predicted octanol–water partition coefficient (Wildman–Crippen LogP) is 5.89. The molecule has 0 unspecified atom stereocenters. The maximum absolute atomic E-state index is 6.18. The SMILES string of the molecule is CCCCOc1ccc(CNc2ccc(Br)cc2Cl)cc1. The number of benzene rings is 2. The van der Waals surface area contributed by atoms with E-state index in [-0.39, 0.29) is 0 Å². The molecule has 1 N–H and O–H groups in total. The molecule has 0 saturated heterocycles. The molecule has 0 bridgehead atoms. The molecule has 2 nitrogen and oxygen atoms in total. The summed E-state index contributed by atoms with van der Waals surface area (Å²) in [6.07, 6.45) is 2.24. The van der Waals surface area contributed by atoms with Gasteiger partial charge >= 0.3 is 0 Å². The molecule has 0 aliphatic heterocycles. The van der Waals surface area contributed by atoms with Gasteiger partial charge in [-0.15, -0.1) is 0 Å². The summed E-state index contributed by atoms with van der Waals surface area (Å²) in [5, 5.41) is 4.05. The molecule has 0 radical (unpaired) electrons. The Hall–Kier alpha value is -1.19. The standard InChI is InChI=1S/C17H19BrClNO/c1-2-3-10-21-15-7-4-13(5-8-15)12-20-17-9-6-14(18)11-16(17)19/h4-9,11,20H,2-3,10,12H2,1H3. The minimum absolute atomic E-state index is 0.712. The molecule has 0 aliphatic rings. The van der Waals surface area contributed by atoms with E-state index in [2.05, 4.69) is 40.3 Å². The van der Waals surface area contributed by atoms with Crippen LogP contribution in [0.2, 0.25) is 5.02 Å². The zero-order valence-corrected chi connectivity index (χ0v) is 14.4. The van der Waals surface area contributed by atoms with Crippen molar-refractivity contribution in [2.75, 3.05) is 11.9 Å². The Kier molecular flexibility index (Phi) is 6.40. The van der Waals surface area contributed by atoms with E-state index in [9.17, 15) is 0 Å². The minimum Gasteiger partial charge on any atom is -0.494 e. The van der Waals surface area contributed by atoms with Crippen molar-refractivity contribution in [1.29, 1.82) is 0 Å². The second-order valence-corrected chi connectivity index (χ2v) is 6.15. The van der Waals surface area contributed by atoms with Crippen molar-refractivity contribution in [2.24, 2.45) is 0 Å². The van der Waals surface area contributed by atoms with Crippen LogP contribution in [0.25, 0.3) is 0 Å². The third-order valence-corrected chi connectivity index (χ3v) is 3.91. The average Bonchev–Trinajstić information content (AvgIpc) is 2.48. The molecule has 0 spiro atoms. The van der Waals surface area contributed by atoms with Crippen molar-refractivity contribution < 1.29 is 4.74 Å². The highest BCUT2D eigenvalue weighted by Crippen LogP contribution is 2.26. The fraction of sp³-hybridized carbons (Fsp3) is 0.294. The molecule has 0 amide bonds. The Bertz CT molecular complexity index is 572. The van der Waals surface area contributed by atoms with Gasteiger partial charge in [0.25, 0.3) is 0 Å². The van der Waals surface area contributed by atoms with E-state index in [0.717, 1.165) is 41.9 Å². The fourth-order valence-corrected chi connectivity index (χ4v) is 2.61. The van der Waals surface area contributed by atoms with Crippen LogP contribution in [0.15, 0.2) is 46.9 Å². The number of halogens is 2. The number of ether oxygens (including phenoxy) is 1. The monoisotopic (exact) mass is 367 g/mol. The van der Waals surface area contributed by atoms with Gasteiger partial charge in [-0.2, -0.15) is 0 Å². The number of hydrogen-bond donors (Lipinski definition) is 1. The van der Waals surface area contributed by atoms with Crippen LogP contribution >= 0.6 is 27.5 Å². The number of anilines is 1. The second-order valence-electron chi connectivity index (χ2n) is 4.82. The Morgan fingerprint density at radius 2 is 1.90 bits per heavy atom. The molecule has 21 heavy (non-hydrogen) atoms. The lowest BCUT2D eigenvalue weighted by Crippen LogP contribution is -2.00. The number of unbranched alkanes of at least 4 members (excludes halogenated alkanes) is 1. The summed E-state index contributed by atoms with van der Waals surface area (Å²) in [4.78, 5) is 0. The van der Waals surface area contributed by atoms with Crippen molar-refractivity contribution in [3.63, 3.8) is 0 Å². The normalized spacial score (nSPS) is 10.4. The third kappa shape index (κ3) is 5.25. The van der Waals surface area contributed by atoms with Crippen LogP contribution in [-0.4, -0.2) is 6.61 Å². The number of hydrogen-bond acceptors (Lipinski definition) is 2. The van der Waals surface area contributed by atoms with Crippen molar-refractivity contribution in [1.82, 2.24) is 0 Å². The summed E-state index contributed by atoms with van der Waals surface area (Å²) >= 11 is 9.58. The summed E-state index contributed by atoms with van der Waals surface area (Å²) < 4.78 is 6.63. The molecule has 0 aliphatic carbocycles. The molecule has 0 saturated carbocycles. The zero-order valence-electron chi connectivity index (χ0n) is 12.0. The third-order valence-electron chi connectivity index (χ3n) is 3.10. The van der Waals surface area contributed by atoms with Crippen LogP contribution in [0, 0.1) is 0 Å². The van der Waals surface area contributed by atoms with Crippen LogP contribution in [-0.2, 0) is 6.54 Å². The summed E-state index contributed by atoms with van der Waals surface area (Å²) in [5.41, 5.74) is 2.12. The quantitative estimate of drug-likeness (QED) is 0.615. The van der Waals surface area contributed by atoms with E-state index < -0.39 is 0 Å². The van der Waals surface area contributed by atoms with Gasteiger partial charge in [-0.3, -0.25) is 0 Å². The summed E-state index contributed by atoms with van der Waals surface area (Å²) in [6.45, 7) is 3.67. The molecule has 0 heterocycles. The van der Waals surface area contributed by atoms with Crippen LogP contribution in [0.3, 0.4) is 0 Å². The zero-order chi connectivity index (χ0) is 15.1. The molecular formula is C17H19BrClNO. The molecule has 2 aromatic rings. The lowest BCUT2D eigenvalue weighted by Gasteiger charge is -2.10. The molecular weight excluding hydrogens is 350 g/mol. The smallest absolute Gasteiger partial charge is 0.119 e. The van der Waals surface area contributed by atoms with Gasteiger partial charge in [0.1, 0.15) is 5.75 Å². The van der Waals surface area contributed by atoms with Crippen molar-refractivity contribution in [3.05, 3.63) is 57.5 Å². The first-order valence-electron chi connectivity index (χ1n) is 7.09. The lowest BCUT2D eigenvalue weighted by atomic mass is 10.2. The highest BCUT2D eigenvalue weighted by molar-refractivity contribution is 9.10. The van der Waals surface area contributed by atoms with Crippen molar-refractivity contribution in [2.45, 2.75) is 26.3 Å². The summed E-state index contributed by atoms with van der Waals surface area (Å²) in [5.74, 6) is 0.925. The van der Waals surface area contributed by atoms with E-state index in [1.165, 1.54) is 5.56 Å². The molecule has 0 aromatic heterocycles. The number of nitrogens with one attached hydrogen (secondary N) is 1. The van der Waals surface area contributed by atoms with E-state index in [4.69, 9.17) is 16.3 Å². The van der Waals surface area contributed by atoms with Crippen LogP contribution in [0.5, 0.6) is 5.75 Å². The Labute approximate surface area is 139 Å². The van der Waals surface area contributed by atoms with Gasteiger partial charge in [0, 0.05) is 11.0 Å². The van der Waals surface area contributed by atoms with E-state index in [1.807, 2.05) is 30.3 Å². The van der Waals surface area contributed by atoms with Gasteiger partial charge in [0.2, 0.25) is 0 Å². The average molecular weight is 369 g/mol. The number of rotatable bonds is 7. The van der Waals surface area contributed by atoms with Gasteiger partial charge in [-0.1, -0.05) is 53.0 Å². The topological polar surface area (TPSA) is 21.3 Å². The van der Waals surface area contributed by atoms with Crippen molar-refractivity contribution in [3.8, 4) is 5.75 Å². The second kappa shape index (κ2) is 8.30. The summed E-state index contributed by atoms with van der Waals surface area (Å²) in [7, 11) is 0. The maximum Gasteiger partial charge on any atom is 0.119 e. The van der Waals surface area contributed by atoms with Gasteiger partial charge in [0.15, 0.2) is 0 Å². The van der Waals surface area contributed by atoms with Gasteiger partial charge in [-0.25, -0.2) is 0 Å². The van der Waals surface area contributed by atoms with Crippen LogP contribution in [0.4, 0.5) is 5.69 Å². The first kappa shape index (κ1) is 16.2. The minimum atomic E-state index is 0.712. The van der Waals surface area contributed by atoms with Crippen LogP contribution in [0.1, 0.15) is 25.3 Å². The molecule has 2 aromatic carbocycles. The molecule has 4 heteroatoms. The van der Waals surface area contributed by atoms with Crippen molar-refractivity contribution >= 4 is 33.2 Å². The summed E-state index contributed by atoms with van der Waals surface area (Å²) in [6, 6.07) is 14.0. The molecule has 2 rings (SSSR count). The first-order chi connectivity index (χ1) is 10.2. The van der Waals surface area contributed by atoms with Gasteiger partial charge < -0.3 is 10.1 Å². The van der Waals surface area contributed by atoms with Crippen LogP contribution < -0.4 is 10.1 Å². The first-order valence-corrected chi connectivity index (χ1v) is 8.27. The lowest BCUT2D eigenvalue weighted by molar-refractivity contribution is 0.309. The highest BCUT2D eigenvalue weighted by atomic mass is 79.9.